The second-order valence-electron chi connectivity index (χ2n) is 8.11. The van der Waals surface area contributed by atoms with E-state index in [9.17, 15) is 9.59 Å². The molecule has 0 aromatic carbocycles. The fourth-order valence-corrected chi connectivity index (χ4v) is 3.14. The third kappa shape index (κ3) is 5.42. The van der Waals surface area contributed by atoms with Crippen molar-refractivity contribution >= 4 is 0 Å². The van der Waals surface area contributed by atoms with Crippen molar-refractivity contribution in [1.29, 1.82) is 0 Å². The number of aryl methyl sites for hydroxylation is 1. The monoisotopic (exact) mass is 372 g/mol. The van der Waals surface area contributed by atoms with Crippen LogP contribution in [0, 0.1) is 0 Å². The first-order valence-corrected chi connectivity index (χ1v) is 9.72. The van der Waals surface area contributed by atoms with Crippen LogP contribution in [-0.4, -0.2) is 22.3 Å². The molecular formula is C22H32N2O3. The van der Waals surface area contributed by atoms with E-state index in [0.29, 0.717) is 19.8 Å². The number of rotatable bonds is 8. The van der Waals surface area contributed by atoms with Gasteiger partial charge in [0.2, 0.25) is 0 Å². The van der Waals surface area contributed by atoms with Crippen LogP contribution in [-0.2, 0) is 23.2 Å². The highest BCUT2D eigenvalue weighted by Crippen LogP contribution is 2.17. The fraction of sp³-hybridized carbons (Fsp3) is 0.545. The van der Waals surface area contributed by atoms with E-state index in [2.05, 4.69) is 6.92 Å². The van der Waals surface area contributed by atoms with Crippen molar-refractivity contribution in [2.75, 3.05) is 13.2 Å². The molecule has 0 bridgehead atoms. The topological polar surface area (TPSA) is 53.2 Å². The second-order valence-corrected chi connectivity index (χ2v) is 8.11. The maximum atomic E-state index is 12.6. The second kappa shape index (κ2) is 9.18. The van der Waals surface area contributed by atoms with Gasteiger partial charge in [0, 0.05) is 42.5 Å². The quantitative estimate of drug-likeness (QED) is 0.666. The summed E-state index contributed by atoms with van der Waals surface area (Å²) in [4.78, 5) is 25.1. The van der Waals surface area contributed by atoms with Crippen LogP contribution in [0.3, 0.4) is 0 Å². The molecular weight excluding hydrogens is 340 g/mol. The molecule has 0 N–H and O–H groups in total. The zero-order valence-corrected chi connectivity index (χ0v) is 17.2. The van der Waals surface area contributed by atoms with Crippen LogP contribution in [0.1, 0.15) is 58.1 Å². The highest BCUT2D eigenvalue weighted by molar-refractivity contribution is 5.19. The molecule has 0 saturated carbocycles. The van der Waals surface area contributed by atoms with Gasteiger partial charge in [-0.1, -0.05) is 46.8 Å². The number of nitrogens with zero attached hydrogens (tertiary/aromatic N) is 2. The Morgan fingerprint density at radius 1 is 1.00 bits per heavy atom. The zero-order chi connectivity index (χ0) is 20.0. The first-order chi connectivity index (χ1) is 12.8. The molecule has 2 rings (SSSR count). The van der Waals surface area contributed by atoms with Gasteiger partial charge in [-0.2, -0.15) is 0 Å². The number of aromatic nitrogens is 2. The Hall–Kier alpha value is -2.14. The molecule has 0 aliphatic heterocycles. The molecule has 0 aliphatic rings. The van der Waals surface area contributed by atoms with Gasteiger partial charge < -0.3 is 13.9 Å². The van der Waals surface area contributed by atoms with Crippen LogP contribution < -0.4 is 11.1 Å². The maximum Gasteiger partial charge on any atom is 0.254 e. The van der Waals surface area contributed by atoms with Gasteiger partial charge >= 0.3 is 0 Å². The summed E-state index contributed by atoms with van der Waals surface area (Å²) in [5.41, 5.74) is 1.50. The molecule has 0 radical (unpaired) electrons. The van der Waals surface area contributed by atoms with Crippen LogP contribution in [0.2, 0.25) is 0 Å². The smallest absolute Gasteiger partial charge is 0.254 e. The lowest BCUT2D eigenvalue weighted by molar-refractivity contribution is 0.115. The predicted molar refractivity (Wildman–Crippen MR) is 110 cm³/mol. The summed E-state index contributed by atoms with van der Waals surface area (Å²) in [6.45, 7) is 12.3. The molecule has 1 atom stereocenters. The van der Waals surface area contributed by atoms with Crippen molar-refractivity contribution in [2.24, 2.45) is 0 Å². The van der Waals surface area contributed by atoms with Crippen molar-refractivity contribution in [2.45, 2.75) is 65.5 Å². The van der Waals surface area contributed by atoms with Crippen LogP contribution in [0.15, 0.2) is 46.2 Å². The Kier molecular flexibility index (Phi) is 7.19. The molecule has 0 fully saturated rings. The number of ether oxygens (including phenoxy) is 1. The summed E-state index contributed by atoms with van der Waals surface area (Å²) in [7, 11) is 0. The van der Waals surface area contributed by atoms with E-state index in [-0.39, 0.29) is 22.5 Å². The largest absolute Gasteiger partial charge is 0.379 e. The lowest BCUT2D eigenvalue weighted by Crippen LogP contribution is -2.31. The van der Waals surface area contributed by atoms with E-state index in [1.807, 2.05) is 58.2 Å². The van der Waals surface area contributed by atoms with Gasteiger partial charge in [0.25, 0.3) is 11.1 Å². The van der Waals surface area contributed by atoms with E-state index >= 15 is 0 Å². The lowest BCUT2D eigenvalue weighted by Gasteiger charge is -2.19. The molecule has 5 nitrogen and oxygen atoms in total. The minimum atomic E-state index is -0.179. The molecule has 0 amide bonds. The van der Waals surface area contributed by atoms with Crippen molar-refractivity contribution in [3.63, 3.8) is 0 Å². The van der Waals surface area contributed by atoms with E-state index in [1.165, 1.54) is 0 Å². The van der Waals surface area contributed by atoms with Crippen molar-refractivity contribution < 1.29 is 4.74 Å². The molecule has 27 heavy (non-hydrogen) atoms. The molecule has 5 heteroatoms. The third-order valence-electron chi connectivity index (χ3n) is 4.72. The van der Waals surface area contributed by atoms with Crippen LogP contribution in [0.5, 0.6) is 0 Å². The van der Waals surface area contributed by atoms with Gasteiger partial charge in [0.1, 0.15) is 0 Å². The summed E-state index contributed by atoms with van der Waals surface area (Å²) >= 11 is 0. The lowest BCUT2D eigenvalue weighted by atomic mass is 9.88. The zero-order valence-electron chi connectivity index (χ0n) is 17.2. The molecule has 0 aliphatic carbocycles. The summed E-state index contributed by atoms with van der Waals surface area (Å²) in [6.07, 6.45) is 4.55. The van der Waals surface area contributed by atoms with Gasteiger partial charge in [-0.15, -0.1) is 0 Å². The average Bonchev–Trinajstić information content (AvgIpc) is 2.60. The fourth-order valence-electron chi connectivity index (χ4n) is 3.14. The number of hydrogen-bond acceptors (Lipinski definition) is 3. The SMILES string of the molecule is CCCn1cccc(C(C)COCCn2cccc(C(C)(C)C)c2=O)c1=O. The van der Waals surface area contributed by atoms with E-state index in [1.54, 1.807) is 15.3 Å². The summed E-state index contributed by atoms with van der Waals surface area (Å²) < 4.78 is 9.23. The summed E-state index contributed by atoms with van der Waals surface area (Å²) in [6, 6.07) is 7.59. The minimum absolute atomic E-state index is 0.0134. The van der Waals surface area contributed by atoms with Crippen molar-refractivity contribution in [3.05, 3.63) is 68.5 Å². The highest BCUT2D eigenvalue weighted by Gasteiger charge is 2.18. The Morgan fingerprint density at radius 2 is 1.63 bits per heavy atom. The van der Waals surface area contributed by atoms with Gasteiger partial charge in [0.05, 0.1) is 13.2 Å². The standard InChI is InChI=1S/C22H32N2O3/c1-6-11-23-12-7-9-18(20(23)25)17(2)16-27-15-14-24-13-8-10-19(21(24)26)22(3,4)5/h7-10,12-13,17H,6,11,14-16H2,1-5H3. The van der Waals surface area contributed by atoms with E-state index in [4.69, 9.17) is 4.74 Å². The Bertz CT molecular complexity index is 859. The first kappa shape index (κ1) is 21.2. The van der Waals surface area contributed by atoms with Gasteiger partial charge in [0.15, 0.2) is 0 Å². The van der Waals surface area contributed by atoms with Crippen molar-refractivity contribution in [1.82, 2.24) is 9.13 Å². The van der Waals surface area contributed by atoms with E-state index < -0.39 is 0 Å². The first-order valence-electron chi connectivity index (χ1n) is 9.72. The molecule has 0 spiro atoms. The molecule has 148 valence electrons. The van der Waals surface area contributed by atoms with Crippen molar-refractivity contribution in [3.8, 4) is 0 Å². The summed E-state index contributed by atoms with van der Waals surface area (Å²) in [5, 5.41) is 0. The van der Waals surface area contributed by atoms with Gasteiger partial charge in [-0.05, 0) is 24.0 Å². The van der Waals surface area contributed by atoms with Crippen LogP contribution in [0.4, 0.5) is 0 Å². The Balaban J connectivity index is 1.95. The predicted octanol–water partition coefficient (Wildman–Crippen LogP) is 3.54. The Labute approximate surface area is 161 Å². The third-order valence-corrected chi connectivity index (χ3v) is 4.72. The van der Waals surface area contributed by atoms with Gasteiger partial charge in [-0.3, -0.25) is 9.59 Å². The number of pyridine rings is 2. The minimum Gasteiger partial charge on any atom is -0.379 e. The molecule has 2 aromatic heterocycles. The number of hydrogen-bond donors (Lipinski definition) is 0. The normalized spacial score (nSPS) is 12.9. The Morgan fingerprint density at radius 3 is 2.26 bits per heavy atom. The average molecular weight is 373 g/mol. The van der Waals surface area contributed by atoms with E-state index in [0.717, 1.165) is 24.1 Å². The molecule has 1 unspecified atom stereocenters. The maximum absolute atomic E-state index is 12.6. The molecule has 2 aromatic rings. The van der Waals surface area contributed by atoms with Gasteiger partial charge in [-0.25, -0.2) is 0 Å². The summed E-state index contributed by atoms with van der Waals surface area (Å²) in [5.74, 6) is 0.0134. The van der Waals surface area contributed by atoms with Crippen LogP contribution >= 0.6 is 0 Å². The molecule has 0 saturated heterocycles. The van der Waals surface area contributed by atoms with Crippen LogP contribution in [0.25, 0.3) is 0 Å². The highest BCUT2D eigenvalue weighted by atomic mass is 16.5. The molecule has 2 heterocycles.